The Morgan fingerprint density at radius 3 is 2.35 bits per heavy atom. The Morgan fingerprint density at radius 2 is 1.70 bits per heavy atom. The Morgan fingerprint density at radius 1 is 0.957 bits per heavy atom. The minimum absolute atomic E-state index is 0.109. The van der Waals surface area contributed by atoms with Gasteiger partial charge in [0.1, 0.15) is 5.82 Å². The molecule has 1 aromatic heterocycles. The van der Waals surface area contributed by atoms with Gasteiger partial charge in [0.15, 0.2) is 5.78 Å². The molecule has 0 radical (unpaired) electrons. The summed E-state index contributed by atoms with van der Waals surface area (Å²) in [6.07, 6.45) is -1.14. The number of rotatable bonds is 3. The number of para-hydroxylation sites is 2. The predicted molar refractivity (Wildman–Crippen MR) is 88.4 cm³/mol. The van der Waals surface area contributed by atoms with Crippen LogP contribution >= 0.6 is 0 Å². The molecule has 0 unspecified atom stereocenters. The maximum absolute atomic E-state index is 11.8. The van der Waals surface area contributed by atoms with E-state index in [0.29, 0.717) is 16.8 Å². The number of amides is 1. The van der Waals surface area contributed by atoms with Crippen molar-refractivity contribution >= 4 is 34.3 Å². The van der Waals surface area contributed by atoms with Gasteiger partial charge in [-0.25, -0.2) is 14.7 Å². The molecule has 0 saturated carbocycles. The van der Waals surface area contributed by atoms with Gasteiger partial charge in [0, 0.05) is 10.9 Å². The van der Waals surface area contributed by atoms with Crippen LogP contribution in [-0.2, 0) is 0 Å². The molecule has 1 amide bonds. The molecule has 3 rings (SSSR count). The van der Waals surface area contributed by atoms with E-state index < -0.39 is 6.09 Å². The number of carbonyl (C=O) groups is 2. The molecule has 0 aliphatic rings. The molecule has 3 aromatic rings. The Hall–Kier alpha value is -3.21. The number of pyridine rings is 1. The summed E-state index contributed by atoms with van der Waals surface area (Å²) >= 11 is 0. The molecule has 23 heavy (non-hydrogen) atoms. The molecular formula is C18H14N2O3. The smallest absolute Gasteiger partial charge is 0.417 e. The average molecular weight is 306 g/mol. The summed E-state index contributed by atoms with van der Waals surface area (Å²) in [5.41, 5.74) is 1.47. The first-order valence-corrected chi connectivity index (χ1v) is 7.07. The minimum atomic E-state index is -1.14. The second-order valence-corrected chi connectivity index (χ2v) is 5.06. The van der Waals surface area contributed by atoms with Gasteiger partial charge in [-0.05, 0) is 37.3 Å². The van der Waals surface area contributed by atoms with Crippen molar-refractivity contribution in [3.05, 3.63) is 66.2 Å². The molecule has 5 heteroatoms. The number of benzene rings is 2. The van der Waals surface area contributed by atoms with E-state index in [1.165, 1.54) is 6.92 Å². The zero-order chi connectivity index (χ0) is 16.4. The summed E-state index contributed by atoms with van der Waals surface area (Å²) in [7, 11) is 0. The first kappa shape index (κ1) is 14.7. The number of Topliss-reactive ketones (excluding diaryl/α,β-unsaturated/α-hetero) is 1. The third-order valence-electron chi connectivity index (χ3n) is 3.52. The lowest BCUT2D eigenvalue weighted by Gasteiger charge is -2.19. The Balaban J connectivity index is 2.20. The highest BCUT2D eigenvalue weighted by Crippen LogP contribution is 2.27. The van der Waals surface area contributed by atoms with E-state index in [9.17, 15) is 14.7 Å². The normalized spacial score (nSPS) is 10.5. The van der Waals surface area contributed by atoms with Crippen molar-refractivity contribution in [3.8, 4) is 0 Å². The Bertz CT molecular complexity index is 891. The molecule has 2 aromatic carbocycles. The van der Waals surface area contributed by atoms with Gasteiger partial charge in [-0.3, -0.25) is 4.79 Å². The molecule has 114 valence electrons. The third-order valence-corrected chi connectivity index (χ3v) is 3.52. The zero-order valence-corrected chi connectivity index (χ0v) is 12.4. The Labute approximate surface area is 132 Å². The summed E-state index contributed by atoms with van der Waals surface area (Å²) in [5, 5.41) is 10.3. The number of carbonyl (C=O) groups excluding carboxylic acids is 1. The first-order chi connectivity index (χ1) is 11.1. The van der Waals surface area contributed by atoms with E-state index in [-0.39, 0.29) is 11.6 Å². The number of nitrogens with zero attached hydrogens (tertiary/aromatic N) is 2. The molecule has 0 atom stereocenters. The lowest BCUT2D eigenvalue weighted by molar-refractivity contribution is 0.101. The summed E-state index contributed by atoms with van der Waals surface area (Å²) < 4.78 is 0. The minimum Gasteiger partial charge on any atom is -0.464 e. The number of hydrogen-bond acceptors (Lipinski definition) is 3. The van der Waals surface area contributed by atoms with Crippen LogP contribution < -0.4 is 4.90 Å². The largest absolute Gasteiger partial charge is 0.464 e. The summed E-state index contributed by atoms with van der Waals surface area (Å²) in [4.78, 5) is 29.0. The monoisotopic (exact) mass is 306 g/mol. The van der Waals surface area contributed by atoms with Crippen molar-refractivity contribution in [1.29, 1.82) is 0 Å². The highest BCUT2D eigenvalue weighted by atomic mass is 16.4. The molecule has 0 aliphatic carbocycles. The van der Waals surface area contributed by atoms with Crippen molar-refractivity contribution in [2.45, 2.75) is 6.92 Å². The van der Waals surface area contributed by atoms with E-state index >= 15 is 0 Å². The molecule has 5 nitrogen and oxygen atoms in total. The van der Waals surface area contributed by atoms with Crippen LogP contribution in [0.25, 0.3) is 10.9 Å². The molecule has 0 spiro atoms. The fourth-order valence-corrected chi connectivity index (χ4v) is 2.46. The molecule has 1 heterocycles. The van der Waals surface area contributed by atoms with Crippen LogP contribution in [0.3, 0.4) is 0 Å². The molecule has 0 bridgehead atoms. The molecule has 0 aliphatic heterocycles. The van der Waals surface area contributed by atoms with Crippen molar-refractivity contribution < 1.29 is 14.7 Å². The molecule has 0 fully saturated rings. The number of fused-ring (bicyclic) bond motifs is 1. The third kappa shape index (κ3) is 2.76. The molecule has 1 N–H and O–H groups in total. The van der Waals surface area contributed by atoms with Gasteiger partial charge >= 0.3 is 6.09 Å². The predicted octanol–water partition coefficient (Wildman–Crippen LogP) is 4.25. The van der Waals surface area contributed by atoms with Gasteiger partial charge in [0.2, 0.25) is 0 Å². The van der Waals surface area contributed by atoms with Crippen molar-refractivity contribution in [3.63, 3.8) is 0 Å². The fraction of sp³-hybridized carbons (Fsp3) is 0.0556. The maximum Gasteiger partial charge on any atom is 0.417 e. The summed E-state index contributed by atoms with van der Waals surface area (Å²) in [5.74, 6) is 0.145. The van der Waals surface area contributed by atoms with Crippen molar-refractivity contribution in [2.75, 3.05) is 4.90 Å². The number of aromatic nitrogens is 1. The number of anilines is 2. The zero-order valence-electron chi connectivity index (χ0n) is 12.4. The number of ketones is 1. The van der Waals surface area contributed by atoms with Crippen LogP contribution in [0.5, 0.6) is 0 Å². The average Bonchev–Trinajstić information content (AvgIpc) is 2.55. The Kier molecular flexibility index (Phi) is 3.76. The second-order valence-electron chi connectivity index (χ2n) is 5.06. The highest BCUT2D eigenvalue weighted by Gasteiger charge is 2.19. The quantitative estimate of drug-likeness (QED) is 0.734. The van der Waals surface area contributed by atoms with Crippen LogP contribution in [0.15, 0.2) is 60.7 Å². The second kappa shape index (κ2) is 5.88. The van der Waals surface area contributed by atoms with Gasteiger partial charge in [0.25, 0.3) is 0 Å². The van der Waals surface area contributed by atoms with Gasteiger partial charge in [0.05, 0.1) is 11.2 Å². The van der Waals surface area contributed by atoms with Crippen molar-refractivity contribution in [1.82, 2.24) is 4.98 Å². The van der Waals surface area contributed by atoms with Crippen LogP contribution in [0.4, 0.5) is 16.3 Å². The van der Waals surface area contributed by atoms with Crippen LogP contribution in [0, 0.1) is 0 Å². The van der Waals surface area contributed by atoms with Gasteiger partial charge in [-0.15, -0.1) is 0 Å². The van der Waals surface area contributed by atoms with E-state index in [1.54, 1.807) is 48.5 Å². The van der Waals surface area contributed by atoms with Crippen LogP contribution in [0.2, 0.25) is 0 Å². The summed E-state index contributed by atoms with van der Waals surface area (Å²) in [6.45, 7) is 1.47. The SMILES string of the molecule is CC(=O)c1cccc2ccc(N(C(=O)O)c3ccccc3)nc12. The van der Waals surface area contributed by atoms with E-state index in [2.05, 4.69) is 4.98 Å². The van der Waals surface area contributed by atoms with Gasteiger partial charge in [-0.1, -0.05) is 30.3 Å². The molecule has 0 saturated heterocycles. The first-order valence-electron chi connectivity index (χ1n) is 7.07. The topological polar surface area (TPSA) is 70.5 Å². The van der Waals surface area contributed by atoms with Gasteiger partial charge < -0.3 is 5.11 Å². The maximum atomic E-state index is 11.8. The van der Waals surface area contributed by atoms with E-state index in [1.807, 2.05) is 12.1 Å². The lowest BCUT2D eigenvalue weighted by atomic mass is 10.1. The van der Waals surface area contributed by atoms with Crippen LogP contribution in [-0.4, -0.2) is 22.0 Å². The van der Waals surface area contributed by atoms with E-state index in [4.69, 9.17) is 0 Å². The fourth-order valence-electron chi connectivity index (χ4n) is 2.46. The van der Waals surface area contributed by atoms with Gasteiger partial charge in [-0.2, -0.15) is 0 Å². The van der Waals surface area contributed by atoms with Crippen LogP contribution in [0.1, 0.15) is 17.3 Å². The van der Waals surface area contributed by atoms with E-state index in [0.717, 1.165) is 10.3 Å². The van der Waals surface area contributed by atoms with Crippen molar-refractivity contribution in [2.24, 2.45) is 0 Å². The summed E-state index contributed by atoms with van der Waals surface area (Å²) in [6, 6.07) is 17.4. The highest BCUT2D eigenvalue weighted by molar-refractivity contribution is 6.06. The molecular weight excluding hydrogens is 292 g/mol. The number of carboxylic acid groups (broad SMARTS) is 1. The lowest BCUT2D eigenvalue weighted by Crippen LogP contribution is -2.24. The standard InChI is InChI=1S/C18H14N2O3/c1-12(21)15-9-5-6-13-10-11-16(19-17(13)15)20(18(22)23)14-7-3-2-4-8-14/h2-11H,1H3,(H,22,23). The number of hydrogen-bond donors (Lipinski definition) is 1.